The zero-order valence-electron chi connectivity index (χ0n) is 18.3. The Kier molecular flexibility index (Phi) is 4.71. The highest BCUT2D eigenvalue weighted by molar-refractivity contribution is 6.07. The minimum absolute atomic E-state index is 0.129. The van der Waals surface area contributed by atoms with E-state index in [2.05, 4.69) is 0 Å². The summed E-state index contributed by atoms with van der Waals surface area (Å²) in [4.78, 5) is 17.1. The van der Waals surface area contributed by atoms with Gasteiger partial charge in [-0.05, 0) is 63.3 Å². The molecule has 0 aliphatic heterocycles. The van der Waals surface area contributed by atoms with E-state index in [-0.39, 0.29) is 11.5 Å². The molecule has 1 aliphatic carbocycles. The summed E-state index contributed by atoms with van der Waals surface area (Å²) in [6.45, 7) is 6.10. The van der Waals surface area contributed by atoms with Crippen molar-refractivity contribution in [1.82, 2.24) is 4.98 Å². The highest BCUT2D eigenvalue weighted by Gasteiger charge is 2.38. The molecule has 0 bridgehead atoms. The third kappa shape index (κ3) is 3.41. The van der Waals surface area contributed by atoms with Gasteiger partial charge in [0.05, 0.1) is 28.7 Å². The first kappa shape index (κ1) is 20.5. The Morgan fingerprint density at radius 3 is 2.66 bits per heavy atom. The number of benzene rings is 2. The summed E-state index contributed by atoms with van der Waals surface area (Å²) < 4.78 is 12.1. The molecule has 32 heavy (non-hydrogen) atoms. The summed E-state index contributed by atoms with van der Waals surface area (Å²) in [5, 5.41) is 21.5. The van der Waals surface area contributed by atoms with Crippen molar-refractivity contribution in [3.8, 4) is 17.2 Å². The van der Waals surface area contributed by atoms with E-state index in [0.717, 1.165) is 22.1 Å². The van der Waals surface area contributed by atoms with Gasteiger partial charge < -0.3 is 19.4 Å². The number of carboxylic acids is 1. The molecule has 2 aromatic carbocycles. The van der Waals surface area contributed by atoms with Crippen molar-refractivity contribution in [2.75, 3.05) is 6.61 Å². The second-order valence-corrected chi connectivity index (χ2v) is 9.10. The van der Waals surface area contributed by atoms with Gasteiger partial charge in [0.15, 0.2) is 5.76 Å². The van der Waals surface area contributed by atoms with Crippen LogP contribution in [0.1, 0.15) is 41.3 Å². The number of pyridine rings is 1. The molecule has 1 fully saturated rings. The second-order valence-electron chi connectivity index (χ2n) is 9.10. The summed E-state index contributed by atoms with van der Waals surface area (Å²) in [5.41, 5.74) is 3.09. The number of aromatic nitrogens is 1. The molecule has 6 heteroatoms. The van der Waals surface area contributed by atoms with E-state index in [4.69, 9.17) is 14.1 Å². The van der Waals surface area contributed by atoms with Crippen LogP contribution in [0.3, 0.4) is 0 Å². The molecule has 0 spiro atoms. The van der Waals surface area contributed by atoms with Gasteiger partial charge in [0, 0.05) is 10.9 Å². The number of nitrogens with zero attached hydrogens (tertiary/aromatic N) is 1. The van der Waals surface area contributed by atoms with Crippen LogP contribution in [0.25, 0.3) is 33.3 Å². The molecule has 2 N–H and O–H groups in total. The van der Waals surface area contributed by atoms with Gasteiger partial charge in [0.2, 0.25) is 0 Å². The molecule has 164 valence electrons. The van der Waals surface area contributed by atoms with Crippen LogP contribution in [0.15, 0.2) is 46.9 Å². The Balaban J connectivity index is 1.62. The van der Waals surface area contributed by atoms with E-state index >= 15 is 0 Å². The second kappa shape index (κ2) is 7.35. The van der Waals surface area contributed by atoms with Crippen molar-refractivity contribution in [2.45, 2.75) is 39.2 Å². The van der Waals surface area contributed by atoms with Crippen molar-refractivity contribution < 1.29 is 24.2 Å². The summed E-state index contributed by atoms with van der Waals surface area (Å²) in [5.74, 6) is 0.266. The Labute approximate surface area is 185 Å². The normalized spacial score (nSPS) is 20.4. The fourth-order valence-electron chi connectivity index (χ4n) is 4.78. The fourth-order valence-corrected chi connectivity index (χ4v) is 4.78. The number of aliphatic hydroxyl groups is 1. The number of furan rings is 1. The van der Waals surface area contributed by atoms with Crippen molar-refractivity contribution in [1.29, 1.82) is 0 Å². The van der Waals surface area contributed by atoms with Crippen molar-refractivity contribution >= 4 is 27.8 Å². The molecule has 1 saturated carbocycles. The van der Waals surface area contributed by atoms with E-state index in [0.29, 0.717) is 47.6 Å². The molecule has 0 atom stereocenters. The number of rotatable bonds is 5. The maximum absolute atomic E-state index is 12.3. The Bertz CT molecular complexity index is 1360. The lowest BCUT2D eigenvalue weighted by Crippen LogP contribution is -2.43. The van der Waals surface area contributed by atoms with E-state index < -0.39 is 11.6 Å². The van der Waals surface area contributed by atoms with Crippen LogP contribution in [0.4, 0.5) is 0 Å². The Morgan fingerprint density at radius 1 is 1.22 bits per heavy atom. The number of carbonyl (C=O) groups is 1. The lowest BCUT2D eigenvalue weighted by Gasteiger charge is -2.40. The number of aryl methyl sites for hydroxylation is 2. The highest BCUT2D eigenvalue weighted by atomic mass is 16.5. The Hall–Kier alpha value is -3.38. The number of fused-ring (bicyclic) bond motifs is 2. The number of hydrogen-bond donors (Lipinski definition) is 2. The summed E-state index contributed by atoms with van der Waals surface area (Å²) >= 11 is 0. The largest absolute Gasteiger partial charge is 0.493 e. The van der Waals surface area contributed by atoms with E-state index in [1.165, 1.54) is 0 Å². The van der Waals surface area contributed by atoms with Crippen LogP contribution in [-0.4, -0.2) is 33.4 Å². The molecule has 5 rings (SSSR count). The first-order valence-corrected chi connectivity index (χ1v) is 10.7. The zero-order valence-corrected chi connectivity index (χ0v) is 18.3. The molecule has 0 saturated heterocycles. The minimum atomic E-state index is -1.05. The molecule has 0 radical (unpaired) electrons. The smallest absolute Gasteiger partial charge is 0.336 e. The lowest BCUT2D eigenvalue weighted by molar-refractivity contribution is -0.0689. The number of hydrogen-bond acceptors (Lipinski definition) is 5. The van der Waals surface area contributed by atoms with Gasteiger partial charge in [-0.25, -0.2) is 9.78 Å². The first-order chi connectivity index (χ1) is 15.2. The quantitative estimate of drug-likeness (QED) is 0.433. The van der Waals surface area contributed by atoms with Crippen LogP contribution in [0.2, 0.25) is 0 Å². The van der Waals surface area contributed by atoms with E-state index in [1.54, 1.807) is 12.1 Å². The number of para-hydroxylation sites is 1. The van der Waals surface area contributed by atoms with Crippen LogP contribution in [-0.2, 0) is 0 Å². The number of ether oxygens (including phenoxy) is 1. The third-order valence-electron chi connectivity index (χ3n) is 6.36. The van der Waals surface area contributed by atoms with Crippen LogP contribution < -0.4 is 4.74 Å². The zero-order chi connectivity index (χ0) is 22.6. The van der Waals surface area contributed by atoms with Crippen LogP contribution in [0.5, 0.6) is 5.75 Å². The van der Waals surface area contributed by atoms with Gasteiger partial charge in [0.1, 0.15) is 17.0 Å². The first-order valence-electron chi connectivity index (χ1n) is 10.7. The monoisotopic (exact) mass is 431 g/mol. The molecular weight excluding hydrogens is 406 g/mol. The van der Waals surface area contributed by atoms with Gasteiger partial charge >= 0.3 is 5.97 Å². The SMILES string of the molecule is Cc1c(-c2cc(C(=O)O)c3c(OC[C@H]4C[C@](C)(O)C4)ccc(C)c3n2)oc2ccccc12. The molecule has 0 unspecified atom stereocenters. The van der Waals surface area contributed by atoms with Gasteiger partial charge in [-0.15, -0.1) is 0 Å². The Morgan fingerprint density at radius 2 is 1.97 bits per heavy atom. The van der Waals surface area contributed by atoms with Crippen LogP contribution in [0, 0.1) is 19.8 Å². The fraction of sp³-hybridized carbons (Fsp3) is 0.308. The standard InChI is InChI=1S/C26H25NO5/c1-14-8-9-21(31-13-16-11-26(3,30)12-16)22-18(25(28)29)10-19(27-23(14)22)24-15(2)17-6-4-5-7-20(17)32-24/h4-10,16,30H,11-13H2,1-3H3,(H,28,29)/t16-,26-. The predicted molar refractivity (Wildman–Crippen MR) is 122 cm³/mol. The third-order valence-corrected chi connectivity index (χ3v) is 6.36. The van der Waals surface area contributed by atoms with E-state index in [1.807, 2.05) is 51.1 Å². The predicted octanol–water partition coefficient (Wildman–Crippen LogP) is 5.50. The van der Waals surface area contributed by atoms with E-state index in [9.17, 15) is 15.0 Å². The van der Waals surface area contributed by atoms with Crippen molar-refractivity contribution in [2.24, 2.45) is 5.92 Å². The average Bonchev–Trinajstić information content (AvgIpc) is 3.08. The van der Waals surface area contributed by atoms with Crippen molar-refractivity contribution in [3.63, 3.8) is 0 Å². The summed E-state index contributed by atoms with van der Waals surface area (Å²) in [6, 6.07) is 13.0. The minimum Gasteiger partial charge on any atom is -0.493 e. The number of aromatic carboxylic acids is 1. The maximum Gasteiger partial charge on any atom is 0.336 e. The van der Waals surface area contributed by atoms with Gasteiger partial charge in [0.25, 0.3) is 0 Å². The molecule has 2 aromatic heterocycles. The number of carboxylic acid groups (broad SMARTS) is 1. The lowest BCUT2D eigenvalue weighted by atomic mass is 9.73. The molecule has 1 aliphatic rings. The maximum atomic E-state index is 12.3. The summed E-state index contributed by atoms with van der Waals surface area (Å²) in [6.07, 6.45) is 1.35. The van der Waals surface area contributed by atoms with Crippen LogP contribution >= 0.6 is 0 Å². The molecule has 4 aromatic rings. The molecule has 6 nitrogen and oxygen atoms in total. The average molecular weight is 431 g/mol. The van der Waals surface area contributed by atoms with Gasteiger partial charge in [-0.3, -0.25) is 0 Å². The van der Waals surface area contributed by atoms with Gasteiger partial charge in [-0.2, -0.15) is 0 Å². The molecule has 2 heterocycles. The summed E-state index contributed by atoms with van der Waals surface area (Å²) in [7, 11) is 0. The van der Waals surface area contributed by atoms with Gasteiger partial charge in [-0.1, -0.05) is 24.3 Å². The van der Waals surface area contributed by atoms with Crippen molar-refractivity contribution in [3.05, 3.63) is 59.2 Å². The topological polar surface area (TPSA) is 92.8 Å². The highest BCUT2D eigenvalue weighted by Crippen LogP contribution is 2.40. The molecule has 0 amide bonds. The molecular formula is C26H25NO5.